The van der Waals surface area contributed by atoms with Gasteiger partial charge in [-0.3, -0.25) is 19.5 Å². The Morgan fingerprint density at radius 2 is 1.90 bits per heavy atom. The lowest BCUT2D eigenvalue weighted by Gasteiger charge is -2.29. The number of nitrogens with one attached hydrogen (secondary N) is 1. The summed E-state index contributed by atoms with van der Waals surface area (Å²) in [6.07, 6.45) is 5.84. The molecule has 1 aliphatic rings. The lowest BCUT2D eigenvalue weighted by Crippen LogP contribution is -2.34. The van der Waals surface area contributed by atoms with Crippen LogP contribution in [0.3, 0.4) is 0 Å². The van der Waals surface area contributed by atoms with Gasteiger partial charge in [0.1, 0.15) is 10.7 Å². The van der Waals surface area contributed by atoms with Crippen molar-refractivity contribution in [2.24, 2.45) is 0 Å². The van der Waals surface area contributed by atoms with E-state index in [0.717, 1.165) is 45.3 Å². The highest BCUT2D eigenvalue weighted by Gasteiger charge is 2.27. The third-order valence-electron chi connectivity index (χ3n) is 7.72. The molecule has 1 amide bonds. The number of aromatic nitrogens is 2. The molecule has 6 rings (SSSR count). The van der Waals surface area contributed by atoms with Crippen LogP contribution in [0.25, 0.3) is 20.5 Å². The van der Waals surface area contributed by atoms with E-state index < -0.39 is 6.04 Å². The van der Waals surface area contributed by atoms with Gasteiger partial charge in [-0.15, -0.1) is 31.9 Å². The van der Waals surface area contributed by atoms with Crippen LogP contribution in [0, 0.1) is 6.92 Å². The molecule has 1 saturated heterocycles. The Morgan fingerprint density at radius 3 is 2.60 bits per heavy atom. The van der Waals surface area contributed by atoms with Crippen LogP contribution in [0.5, 0.6) is 0 Å². The molecule has 0 radical (unpaired) electrons. The molecule has 1 fully saturated rings. The number of thiophene rings is 1. The minimum atomic E-state index is -0.834. The molecule has 0 saturated carbocycles. The third-order valence-corrected chi connectivity index (χ3v) is 9.94. The van der Waals surface area contributed by atoms with Crippen LogP contribution in [0.1, 0.15) is 41.5 Å². The van der Waals surface area contributed by atoms with Gasteiger partial charge >= 0.3 is 0 Å². The van der Waals surface area contributed by atoms with E-state index in [0.29, 0.717) is 15.7 Å². The Labute approximate surface area is 243 Å². The van der Waals surface area contributed by atoms with E-state index in [1.165, 1.54) is 41.1 Å². The molecule has 2 atom stereocenters. The molecular formula is C31H31N4O2PS2. The van der Waals surface area contributed by atoms with Crippen molar-refractivity contribution in [3.8, 4) is 10.4 Å². The first-order valence-corrected chi connectivity index (χ1v) is 15.6. The number of fused-ring (bicyclic) bond motifs is 1. The molecule has 9 heteroatoms. The van der Waals surface area contributed by atoms with Crippen LogP contribution in [-0.2, 0) is 4.79 Å². The second-order valence-corrected chi connectivity index (χ2v) is 13.1. The maximum atomic E-state index is 14.0. The van der Waals surface area contributed by atoms with Gasteiger partial charge in [0.05, 0.1) is 0 Å². The van der Waals surface area contributed by atoms with Gasteiger partial charge in [-0.05, 0) is 85.5 Å². The van der Waals surface area contributed by atoms with E-state index >= 15 is 0 Å². The number of carbonyl (C=O) groups excluding carboxylic acids is 1. The standard InChI is InChI=1S/C31H31N4O2PS2/c1-19-18-35(27(23-4-3-5-24(38)16-23)29(36)33-31-32-12-15-39-31)30(37)28-25(19)17-26(40-28)22-8-6-20(7-9-22)21-10-13-34(2)14-11-21/h3-9,12,15-18,21,27H,10-11,13-14,38H2,1-2H3,(H,32,33,36). The van der Waals surface area contributed by atoms with E-state index in [1.807, 2.05) is 42.8 Å². The van der Waals surface area contributed by atoms with Crippen LogP contribution in [0.15, 0.2) is 77.2 Å². The van der Waals surface area contributed by atoms with Gasteiger partial charge in [-0.2, -0.15) is 0 Å². The topological polar surface area (TPSA) is 67.2 Å². The lowest BCUT2D eigenvalue weighted by atomic mass is 9.89. The van der Waals surface area contributed by atoms with E-state index in [1.54, 1.807) is 10.8 Å². The first-order valence-electron chi connectivity index (χ1n) is 13.4. The fourth-order valence-corrected chi connectivity index (χ4v) is 7.53. The normalized spacial score (nSPS) is 15.4. The maximum Gasteiger partial charge on any atom is 0.269 e. The summed E-state index contributed by atoms with van der Waals surface area (Å²) < 4.78 is 2.23. The van der Waals surface area contributed by atoms with Crippen molar-refractivity contribution in [2.45, 2.75) is 31.7 Å². The number of aryl methyl sites for hydroxylation is 1. The summed E-state index contributed by atoms with van der Waals surface area (Å²) in [5.74, 6) is 0.308. The number of likely N-dealkylation sites (tertiary alicyclic amines) is 1. The number of hydrogen-bond acceptors (Lipinski definition) is 6. The van der Waals surface area contributed by atoms with E-state index in [-0.39, 0.29) is 11.5 Å². The van der Waals surface area contributed by atoms with Crippen molar-refractivity contribution in [2.75, 3.05) is 25.5 Å². The van der Waals surface area contributed by atoms with Crippen LogP contribution in [-0.4, -0.2) is 40.5 Å². The molecule has 1 N–H and O–H groups in total. The number of pyridine rings is 1. The van der Waals surface area contributed by atoms with E-state index in [9.17, 15) is 9.59 Å². The van der Waals surface area contributed by atoms with Crippen LogP contribution < -0.4 is 16.2 Å². The number of carbonyl (C=O) groups is 1. The number of piperidine rings is 1. The SMILES string of the molecule is Cc1cn(C(C(=O)Nc2nccs2)c2cccc(P)c2)c(=O)c2sc(-c3ccc(C4CCN(C)CC4)cc3)cc12. The third kappa shape index (κ3) is 5.41. The Balaban J connectivity index is 1.38. The number of thiazole rings is 1. The molecule has 0 aliphatic carbocycles. The lowest BCUT2D eigenvalue weighted by molar-refractivity contribution is -0.118. The summed E-state index contributed by atoms with van der Waals surface area (Å²) in [5, 5.41) is 7.09. The van der Waals surface area contributed by atoms with Crippen LogP contribution in [0.4, 0.5) is 5.13 Å². The molecule has 6 nitrogen and oxygen atoms in total. The minimum Gasteiger partial charge on any atom is -0.306 e. The van der Waals surface area contributed by atoms with Crippen LogP contribution in [0.2, 0.25) is 0 Å². The van der Waals surface area contributed by atoms with Gasteiger partial charge in [-0.1, -0.05) is 42.5 Å². The highest BCUT2D eigenvalue weighted by Crippen LogP contribution is 2.36. The van der Waals surface area contributed by atoms with Gasteiger partial charge in [0.2, 0.25) is 0 Å². The molecule has 2 aromatic carbocycles. The summed E-state index contributed by atoms with van der Waals surface area (Å²) >= 11 is 2.84. The summed E-state index contributed by atoms with van der Waals surface area (Å²) in [6.45, 7) is 4.27. The molecule has 1 aliphatic heterocycles. The van der Waals surface area contributed by atoms with Crippen LogP contribution >= 0.6 is 31.9 Å². The zero-order valence-electron chi connectivity index (χ0n) is 22.5. The van der Waals surface area contributed by atoms with Crippen molar-refractivity contribution < 1.29 is 4.79 Å². The van der Waals surface area contributed by atoms with E-state index in [4.69, 9.17) is 0 Å². The van der Waals surface area contributed by atoms with Crippen molar-refractivity contribution in [3.05, 3.63) is 99.4 Å². The summed E-state index contributed by atoms with van der Waals surface area (Å²) in [7, 11) is 4.85. The monoisotopic (exact) mass is 586 g/mol. The predicted octanol–water partition coefficient (Wildman–Crippen LogP) is 6.03. The Hall–Kier alpha value is -3.16. The minimum absolute atomic E-state index is 0.173. The van der Waals surface area contributed by atoms with Crippen molar-refractivity contribution in [1.82, 2.24) is 14.5 Å². The first kappa shape index (κ1) is 27.0. The molecule has 40 heavy (non-hydrogen) atoms. The molecule has 4 heterocycles. The Morgan fingerprint density at radius 1 is 1.12 bits per heavy atom. The van der Waals surface area contributed by atoms with Gasteiger partial charge in [-0.25, -0.2) is 4.98 Å². The predicted molar refractivity (Wildman–Crippen MR) is 170 cm³/mol. The fourth-order valence-electron chi connectivity index (χ4n) is 5.52. The van der Waals surface area contributed by atoms with Gasteiger partial charge in [0, 0.05) is 28.0 Å². The highest BCUT2D eigenvalue weighted by molar-refractivity contribution is 7.27. The number of benzene rings is 2. The zero-order valence-corrected chi connectivity index (χ0v) is 25.3. The molecule has 0 spiro atoms. The summed E-state index contributed by atoms with van der Waals surface area (Å²) in [6, 6.07) is 17.8. The van der Waals surface area contributed by atoms with Crippen molar-refractivity contribution in [3.63, 3.8) is 0 Å². The van der Waals surface area contributed by atoms with Crippen molar-refractivity contribution in [1.29, 1.82) is 0 Å². The van der Waals surface area contributed by atoms with Gasteiger partial charge in [0.25, 0.3) is 11.5 Å². The number of anilines is 1. The highest BCUT2D eigenvalue weighted by atomic mass is 32.1. The molecule has 204 valence electrons. The van der Waals surface area contributed by atoms with E-state index in [2.05, 4.69) is 61.8 Å². The summed E-state index contributed by atoms with van der Waals surface area (Å²) in [4.78, 5) is 35.3. The van der Waals surface area contributed by atoms with Gasteiger partial charge in [0.15, 0.2) is 5.13 Å². The maximum absolute atomic E-state index is 14.0. The Bertz CT molecular complexity index is 1720. The quantitative estimate of drug-likeness (QED) is 0.247. The second kappa shape index (κ2) is 11.4. The average molecular weight is 587 g/mol. The first-order chi connectivity index (χ1) is 19.4. The zero-order chi connectivity index (χ0) is 27.8. The molecule has 3 aromatic heterocycles. The second-order valence-electron chi connectivity index (χ2n) is 10.5. The number of nitrogens with zero attached hydrogens (tertiary/aromatic N) is 3. The number of amides is 1. The van der Waals surface area contributed by atoms with Gasteiger partial charge < -0.3 is 4.90 Å². The summed E-state index contributed by atoms with van der Waals surface area (Å²) in [5.41, 5.74) is 4.02. The molecule has 2 unspecified atom stereocenters. The smallest absolute Gasteiger partial charge is 0.269 e. The molecular weight excluding hydrogens is 555 g/mol. The molecule has 0 bridgehead atoms. The number of hydrogen-bond donors (Lipinski definition) is 1. The number of rotatable bonds is 6. The fraction of sp³-hybridized carbons (Fsp3) is 0.258. The van der Waals surface area contributed by atoms with Crippen molar-refractivity contribution >= 4 is 58.3 Å². The largest absolute Gasteiger partial charge is 0.306 e. The average Bonchev–Trinajstić information content (AvgIpc) is 3.63. The Kier molecular flexibility index (Phi) is 7.69. The molecule has 5 aromatic rings.